The number of nitrogens with one attached hydrogen (secondary N) is 1. The molecule has 0 aliphatic heterocycles. The average molecular weight is 349 g/mol. The van der Waals surface area contributed by atoms with Crippen molar-refractivity contribution >= 4 is 34.0 Å². The Balaban J connectivity index is 1.59. The third kappa shape index (κ3) is 3.94. The number of hydrogen-bond donors (Lipinski definition) is 1. The quantitative estimate of drug-likeness (QED) is 0.759. The molecule has 0 unspecified atom stereocenters. The number of benzene rings is 1. The van der Waals surface area contributed by atoms with Gasteiger partial charge in [0.1, 0.15) is 5.01 Å². The van der Waals surface area contributed by atoms with Gasteiger partial charge < -0.3 is 9.73 Å². The van der Waals surface area contributed by atoms with Gasteiger partial charge in [0.25, 0.3) is 0 Å². The van der Waals surface area contributed by atoms with E-state index < -0.39 is 0 Å². The molecule has 118 valence electrons. The molecule has 2 aromatic heterocycles. The van der Waals surface area contributed by atoms with Crippen LogP contribution in [-0.2, 0) is 11.2 Å². The van der Waals surface area contributed by atoms with Crippen molar-refractivity contribution in [1.82, 2.24) is 15.2 Å². The summed E-state index contributed by atoms with van der Waals surface area (Å²) in [6, 6.07) is 7.37. The van der Waals surface area contributed by atoms with Gasteiger partial charge in [-0.2, -0.15) is 0 Å². The third-order valence-corrected chi connectivity index (χ3v) is 4.11. The second-order valence-corrected chi connectivity index (χ2v) is 6.36. The molecule has 0 atom stereocenters. The van der Waals surface area contributed by atoms with Crippen LogP contribution in [0, 0.1) is 6.92 Å². The SMILES string of the molecule is Cc1nnc(NC(=O)CCc2ncc(-c3ccccc3Cl)o2)s1. The van der Waals surface area contributed by atoms with E-state index in [1.54, 1.807) is 12.3 Å². The number of carbonyl (C=O) groups is 1. The first-order chi connectivity index (χ1) is 11.1. The maximum absolute atomic E-state index is 11.9. The Bertz CT molecular complexity index is 830. The lowest BCUT2D eigenvalue weighted by molar-refractivity contribution is -0.116. The second kappa shape index (κ2) is 6.89. The Labute approximate surface area is 141 Å². The summed E-state index contributed by atoms with van der Waals surface area (Å²) < 4.78 is 5.65. The summed E-state index contributed by atoms with van der Waals surface area (Å²) >= 11 is 7.46. The van der Waals surface area contributed by atoms with Crippen LogP contribution in [0.3, 0.4) is 0 Å². The van der Waals surface area contributed by atoms with Crippen molar-refractivity contribution in [3.63, 3.8) is 0 Å². The van der Waals surface area contributed by atoms with Crippen LogP contribution in [0.1, 0.15) is 17.3 Å². The van der Waals surface area contributed by atoms with Crippen LogP contribution in [0.4, 0.5) is 5.13 Å². The molecule has 0 bridgehead atoms. The van der Waals surface area contributed by atoms with Gasteiger partial charge >= 0.3 is 0 Å². The molecule has 1 aromatic carbocycles. The highest BCUT2D eigenvalue weighted by atomic mass is 35.5. The number of halogens is 1. The van der Waals surface area contributed by atoms with Gasteiger partial charge in [-0.15, -0.1) is 10.2 Å². The number of aryl methyl sites for hydroxylation is 2. The molecule has 1 amide bonds. The predicted molar refractivity (Wildman–Crippen MR) is 88.5 cm³/mol. The van der Waals surface area contributed by atoms with E-state index in [9.17, 15) is 4.79 Å². The number of hydrogen-bond acceptors (Lipinski definition) is 6. The lowest BCUT2D eigenvalue weighted by atomic mass is 10.2. The molecule has 3 aromatic rings. The summed E-state index contributed by atoms with van der Waals surface area (Å²) in [7, 11) is 0. The fourth-order valence-electron chi connectivity index (χ4n) is 1.96. The zero-order valence-electron chi connectivity index (χ0n) is 12.2. The van der Waals surface area contributed by atoms with Crippen LogP contribution in [0.5, 0.6) is 0 Å². The molecular weight excluding hydrogens is 336 g/mol. The number of rotatable bonds is 5. The summed E-state index contributed by atoms with van der Waals surface area (Å²) in [6.07, 6.45) is 2.26. The van der Waals surface area contributed by atoms with Gasteiger partial charge in [-0.1, -0.05) is 35.1 Å². The van der Waals surface area contributed by atoms with E-state index in [0.29, 0.717) is 28.2 Å². The van der Waals surface area contributed by atoms with E-state index in [4.69, 9.17) is 16.0 Å². The largest absolute Gasteiger partial charge is 0.441 e. The second-order valence-electron chi connectivity index (χ2n) is 4.77. The van der Waals surface area contributed by atoms with Crippen molar-refractivity contribution < 1.29 is 9.21 Å². The molecule has 23 heavy (non-hydrogen) atoms. The van der Waals surface area contributed by atoms with Crippen LogP contribution in [0.2, 0.25) is 5.02 Å². The highest BCUT2D eigenvalue weighted by Crippen LogP contribution is 2.28. The predicted octanol–water partition coefficient (Wildman–Crippen LogP) is 3.73. The van der Waals surface area contributed by atoms with E-state index >= 15 is 0 Å². The van der Waals surface area contributed by atoms with Crippen LogP contribution >= 0.6 is 22.9 Å². The summed E-state index contributed by atoms with van der Waals surface area (Å²) in [5.74, 6) is 0.924. The molecule has 0 radical (unpaired) electrons. The zero-order chi connectivity index (χ0) is 16.2. The van der Waals surface area contributed by atoms with Crippen molar-refractivity contribution in [2.45, 2.75) is 19.8 Å². The minimum absolute atomic E-state index is 0.154. The average Bonchev–Trinajstić information content (AvgIpc) is 3.15. The summed E-state index contributed by atoms with van der Waals surface area (Å²) in [5, 5.41) is 12.3. The summed E-state index contributed by atoms with van der Waals surface area (Å²) in [4.78, 5) is 16.0. The van der Waals surface area contributed by atoms with Crippen molar-refractivity contribution in [1.29, 1.82) is 0 Å². The Hall–Kier alpha value is -2.25. The highest BCUT2D eigenvalue weighted by molar-refractivity contribution is 7.15. The molecular formula is C15H13ClN4O2S. The Morgan fingerprint density at radius 2 is 2.17 bits per heavy atom. The maximum atomic E-state index is 11.9. The molecule has 0 aliphatic rings. The van der Waals surface area contributed by atoms with E-state index in [0.717, 1.165) is 10.6 Å². The van der Waals surface area contributed by atoms with Gasteiger partial charge in [0.2, 0.25) is 11.0 Å². The maximum Gasteiger partial charge on any atom is 0.226 e. The Morgan fingerprint density at radius 3 is 2.91 bits per heavy atom. The van der Waals surface area contributed by atoms with Gasteiger partial charge in [0.05, 0.1) is 11.2 Å². The molecule has 0 spiro atoms. The highest BCUT2D eigenvalue weighted by Gasteiger charge is 2.12. The van der Waals surface area contributed by atoms with Crippen molar-refractivity contribution in [3.8, 4) is 11.3 Å². The minimum atomic E-state index is -0.154. The topological polar surface area (TPSA) is 80.9 Å². The zero-order valence-corrected chi connectivity index (χ0v) is 13.8. The van der Waals surface area contributed by atoms with Crippen molar-refractivity contribution in [3.05, 3.63) is 46.4 Å². The van der Waals surface area contributed by atoms with Crippen LogP contribution in [0.25, 0.3) is 11.3 Å². The third-order valence-electron chi connectivity index (χ3n) is 3.03. The first kappa shape index (κ1) is 15.6. The van der Waals surface area contributed by atoms with Gasteiger partial charge in [0, 0.05) is 18.4 Å². The monoisotopic (exact) mass is 348 g/mol. The van der Waals surface area contributed by atoms with E-state index in [1.807, 2.05) is 25.1 Å². The molecule has 3 rings (SSSR count). The molecule has 0 saturated heterocycles. The van der Waals surface area contributed by atoms with Crippen molar-refractivity contribution in [2.24, 2.45) is 0 Å². The molecule has 0 saturated carbocycles. The number of carbonyl (C=O) groups excluding carboxylic acids is 1. The number of nitrogens with zero attached hydrogens (tertiary/aromatic N) is 3. The minimum Gasteiger partial charge on any atom is -0.441 e. The van der Waals surface area contributed by atoms with Gasteiger partial charge in [-0.3, -0.25) is 4.79 Å². The summed E-state index contributed by atoms with van der Waals surface area (Å²) in [5.41, 5.74) is 0.779. The van der Waals surface area contributed by atoms with Gasteiger partial charge in [-0.25, -0.2) is 4.98 Å². The smallest absolute Gasteiger partial charge is 0.226 e. The Morgan fingerprint density at radius 1 is 1.35 bits per heavy atom. The first-order valence-corrected chi connectivity index (χ1v) is 8.11. The summed E-state index contributed by atoms with van der Waals surface area (Å²) in [6.45, 7) is 1.83. The number of anilines is 1. The standard InChI is InChI=1S/C15H13ClN4O2S/c1-9-19-20-15(23-9)18-13(21)6-7-14-17-8-12(22-14)10-4-2-3-5-11(10)16/h2-5,8H,6-7H2,1H3,(H,18,20,21). The normalized spacial score (nSPS) is 10.7. The Kier molecular flexibility index (Phi) is 4.68. The first-order valence-electron chi connectivity index (χ1n) is 6.91. The molecule has 0 aliphatic carbocycles. The van der Waals surface area contributed by atoms with E-state index in [2.05, 4.69) is 20.5 Å². The number of aromatic nitrogens is 3. The molecule has 1 N–H and O–H groups in total. The number of amides is 1. The molecule has 2 heterocycles. The van der Waals surface area contributed by atoms with Crippen molar-refractivity contribution in [2.75, 3.05) is 5.32 Å². The number of oxazole rings is 1. The molecule has 0 fully saturated rings. The van der Waals surface area contributed by atoms with Gasteiger partial charge in [-0.05, 0) is 19.1 Å². The van der Waals surface area contributed by atoms with E-state index in [-0.39, 0.29) is 12.3 Å². The van der Waals surface area contributed by atoms with Crippen LogP contribution in [0.15, 0.2) is 34.9 Å². The van der Waals surface area contributed by atoms with Gasteiger partial charge in [0.15, 0.2) is 11.7 Å². The van der Waals surface area contributed by atoms with Crippen LogP contribution < -0.4 is 5.32 Å². The molecule has 8 heteroatoms. The van der Waals surface area contributed by atoms with Crippen LogP contribution in [-0.4, -0.2) is 21.1 Å². The van der Waals surface area contributed by atoms with E-state index in [1.165, 1.54) is 11.3 Å². The lowest BCUT2D eigenvalue weighted by Crippen LogP contribution is -2.12. The fraction of sp³-hybridized carbons (Fsp3) is 0.200. The fourth-order valence-corrected chi connectivity index (χ4v) is 2.80. The lowest BCUT2D eigenvalue weighted by Gasteiger charge is -2.00. The molecule has 6 nitrogen and oxygen atoms in total.